The Kier molecular flexibility index (Phi) is 3.95. The third kappa shape index (κ3) is 3.03. The third-order valence-electron chi connectivity index (χ3n) is 3.07. The van der Waals surface area contributed by atoms with Crippen molar-refractivity contribution in [3.63, 3.8) is 0 Å². The van der Waals surface area contributed by atoms with Crippen LogP contribution in [0.2, 0.25) is 0 Å². The number of rotatable bonds is 3. The van der Waals surface area contributed by atoms with E-state index in [2.05, 4.69) is 27.8 Å². The quantitative estimate of drug-likeness (QED) is 0.925. The average Bonchev–Trinajstić information content (AvgIpc) is 2.68. The molecule has 1 aromatic heterocycles. The van der Waals surface area contributed by atoms with Crippen LogP contribution in [0.5, 0.6) is 0 Å². The van der Waals surface area contributed by atoms with Gasteiger partial charge in [0.05, 0.1) is 12.7 Å². The molecule has 0 amide bonds. The molecule has 1 saturated heterocycles. The summed E-state index contributed by atoms with van der Waals surface area (Å²) in [5, 5.41) is 0. The van der Waals surface area contributed by atoms with Crippen LogP contribution in [0.4, 0.5) is 0 Å². The highest BCUT2D eigenvalue weighted by molar-refractivity contribution is 9.10. The van der Waals surface area contributed by atoms with Crippen molar-refractivity contribution < 1.29 is 4.74 Å². The van der Waals surface area contributed by atoms with Crippen LogP contribution < -0.4 is 5.73 Å². The van der Waals surface area contributed by atoms with Crippen molar-refractivity contribution in [2.24, 2.45) is 11.7 Å². The zero-order chi connectivity index (χ0) is 11.5. The molecular formula is C12H17BrN2O. The monoisotopic (exact) mass is 284 g/mol. The number of ether oxygens (including phenoxy) is 1. The minimum absolute atomic E-state index is 0.152. The molecule has 2 rings (SSSR count). The summed E-state index contributed by atoms with van der Waals surface area (Å²) in [6, 6.07) is 4.17. The number of pyridine rings is 1. The van der Waals surface area contributed by atoms with Crippen molar-refractivity contribution >= 4 is 15.9 Å². The van der Waals surface area contributed by atoms with Crippen LogP contribution in [0.1, 0.15) is 19.0 Å². The van der Waals surface area contributed by atoms with Crippen LogP contribution in [-0.4, -0.2) is 23.7 Å². The highest BCUT2D eigenvalue weighted by Crippen LogP contribution is 2.23. The molecule has 1 aromatic rings. The standard InChI is InChI=1S/C12H17BrN2O/c1-8-4-9(7-16-8)12(14)5-11-3-2-10(13)6-15-11/h2-3,6,8-9,12H,4-5,7,14H2,1H3. The first-order chi connectivity index (χ1) is 7.65. The number of hydrogen-bond donors (Lipinski definition) is 1. The van der Waals surface area contributed by atoms with Gasteiger partial charge in [0.2, 0.25) is 0 Å². The topological polar surface area (TPSA) is 48.1 Å². The molecule has 1 aliphatic heterocycles. The Hall–Kier alpha value is -0.450. The number of aromatic nitrogens is 1. The summed E-state index contributed by atoms with van der Waals surface area (Å²) >= 11 is 3.37. The van der Waals surface area contributed by atoms with Gasteiger partial charge in [-0.05, 0) is 41.4 Å². The zero-order valence-electron chi connectivity index (χ0n) is 9.40. The van der Waals surface area contributed by atoms with Gasteiger partial charge in [0.1, 0.15) is 0 Å². The lowest BCUT2D eigenvalue weighted by Crippen LogP contribution is -2.33. The molecule has 4 heteroatoms. The average molecular weight is 285 g/mol. The number of hydrogen-bond acceptors (Lipinski definition) is 3. The highest BCUT2D eigenvalue weighted by Gasteiger charge is 2.27. The summed E-state index contributed by atoms with van der Waals surface area (Å²) in [5.74, 6) is 0.473. The largest absolute Gasteiger partial charge is 0.378 e. The molecule has 3 nitrogen and oxygen atoms in total. The molecule has 0 aromatic carbocycles. The van der Waals surface area contributed by atoms with E-state index in [9.17, 15) is 0 Å². The van der Waals surface area contributed by atoms with Crippen molar-refractivity contribution in [1.29, 1.82) is 0 Å². The second kappa shape index (κ2) is 5.25. The molecule has 16 heavy (non-hydrogen) atoms. The molecule has 0 bridgehead atoms. The zero-order valence-corrected chi connectivity index (χ0v) is 11.0. The molecule has 3 atom stereocenters. The number of nitrogens with zero attached hydrogens (tertiary/aromatic N) is 1. The Morgan fingerprint density at radius 1 is 1.62 bits per heavy atom. The van der Waals surface area contributed by atoms with Gasteiger partial charge in [0.15, 0.2) is 0 Å². The van der Waals surface area contributed by atoms with E-state index in [0.29, 0.717) is 12.0 Å². The summed E-state index contributed by atoms with van der Waals surface area (Å²) in [4.78, 5) is 4.34. The van der Waals surface area contributed by atoms with Gasteiger partial charge in [0, 0.05) is 34.7 Å². The van der Waals surface area contributed by atoms with Crippen LogP contribution in [0.3, 0.4) is 0 Å². The first-order valence-electron chi connectivity index (χ1n) is 5.63. The highest BCUT2D eigenvalue weighted by atomic mass is 79.9. The maximum Gasteiger partial charge on any atom is 0.0551 e. The molecule has 1 fully saturated rings. The Balaban J connectivity index is 1.91. The maximum atomic E-state index is 6.18. The summed E-state index contributed by atoms with van der Waals surface area (Å²) in [7, 11) is 0. The van der Waals surface area contributed by atoms with E-state index in [1.165, 1.54) is 0 Å². The van der Waals surface area contributed by atoms with Gasteiger partial charge in [-0.15, -0.1) is 0 Å². The summed E-state index contributed by atoms with van der Waals surface area (Å²) in [6.07, 6.45) is 4.07. The summed E-state index contributed by atoms with van der Waals surface area (Å²) in [5.41, 5.74) is 7.23. The molecule has 0 aliphatic carbocycles. The van der Waals surface area contributed by atoms with E-state index in [1.54, 1.807) is 0 Å². The first-order valence-corrected chi connectivity index (χ1v) is 6.42. The molecule has 0 radical (unpaired) electrons. The van der Waals surface area contributed by atoms with Crippen LogP contribution in [0.15, 0.2) is 22.8 Å². The lowest BCUT2D eigenvalue weighted by Gasteiger charge is -2.17. The van der Waals surface area contributed by atoms with Crippen molar-refractivity contribution in [3.05, 3.63) is 28.5 Å². The molecule has 3 unspecified atom stereocenters. The molecule has 0 spiro atoms. The van der Waals surface area contributed by atoms with Gasteiger partial charge >= 0.3 is 0 Å². The lowest BCUT2D eigenvalue weighted by molar-refractivity contribution is 0.118. The van der Waals surface area contributed by atoms with Crippen molar-refractivity contribution in [1.82, 2.24) is 4.98 Å². The van der Waals surface area contributed by atoms with E-state index in [1.807, 2.05) is 18.3 Å². The molecule has 2 N–H and O–H groups in total. The van der Waals surface area contributed by atoms with E-state index < -0.39 is 0 Å². The molecule has 1 aliphatic rings. The fraction of sp³-hybridized carbons (Fsp3) is 0.583. The van der Waals surface area contributed by atoms with Gasteiger partial charge in [-0.25, -0.2) is 0 Å². The Morgan fingerprint density at radius 2 is 2.44 bits per heavy atom. The van der Waals surface area contributed by atoms with E-state index in [-0.39, 0.29) is 6.04 Å². The molecule has 2 heterocycles. The normalized spacial score (nSPS) is 26.9. The predicted octanol–water partition coefficient (Wildman–Crippen LogP) is 2.14. The smallest absolute Gasteiger partial charge is 0.0551 e. The third-order valence-corrected chi connectivity index (χ3v) is 3.54. The second-order valence-electron chi connectivity index (χ2n) is 4.48. The van der Waals surface area contributed by atoms with Gasteiger partial charge in [-0.1, -0.05) is 0 Å². The van der Waals surface area contributed by atoms with Crippen molar-refractivity contribution in [3.8, 4) is 0 Å². The molecule has 0 saturated carbocycles. The van der Waals surface area contributed by atoms with Gasteiger partial charge in [-0.3, -0.25) is 4.98 Å². The fourth-order valence-corrected chi connectivity index (χ4v) is 2.32. The van der Waals surface area contributed by atoms with Crippen molar-refractivity contribution in [2.75, 3.05) is 6.61 Å². The Morgan fingerprint density at radius 3 is 3.00 bits per heavy atom. The summed E-state index contributed by atoms with van der Waals surface area (Å²) in [6.45, 7) is 2.89. The van der Waals surface area contributed by atoms with Gasteiger partial charge in [-0.2, -0.15) is 0 Å². The summed E-state index contributed by atoms with van der Waals surface area (Å²) < 4.78 is 6.54. The Labute approximate surface area is 105 Å². The number of halogens is 1. The Bertz CT molecular complexity index is 341. The van der Waals surface area contributed by atoms with Crippen LogP contribution in [-0.2, 0) is 11.2 Å². The minimum Gasteiger partial charge on any atom is -0.378 e. The van der Waals surface area contributed by atoms with Crippen LogP contribution in [0.25, 0.3) is 0 Å². The predicted molar refractivity (Wildman–Crippen MR) is 67.1 cm³/mol. The van der Waals surface area contributed by atoms with Crippen molar-refractivity contribution in [2.45, 2.75) is 31.9 Å². The van der Waals surface area contributed by atoms with E-state index in [4.69, 9.17) is 10.5 Å². The van der Waals surface area contributed by atoms with E-state index in [0.717, 1.165) is 29.6 Å². The van der Waals surface area contributed by atoms with Gasteiger partial charge in [0.25, 0.3) is 0 Å². The van der Waals surface area contributed by atoms with Crippen LogP contribution in [0, 0.1) is 5.92 Å². The maximum absolute atomic E-state index is 6.18. The SMILES string of the molecule is CC1CC(C(N)Cc2ccc(Br)cn2)CO1. The lowest BCUT2D eigenvalue weighted by atomic mass is 9.94. The minimum atomic E-state index is 0.152. The van der Waals surface area contributed by atoms with Gasteiger partial charge < -0.3 is 10.5 Å². The second-order valence-corrected chi connectivity index (χ2v) is 5.39. The van der Waals surface area contributed by atoms with Crippen LogP contribution >= 0.6 is 15.9 Å². The van der Waals surface area contributed by atoms with E-state index >= 15 is 0 Å². The first kappa shape index (κ1) is 12.0. The fourth-order valence-electron chi connectivity index (χ4n) is 2.08. The number of nitrogens with two attached hydrogens (primary N) is 1. The molecule has 88 valence electrons. The molecular weight excluding hydrogens is 268 g/mol.